The topological polar surface area (TPSA) is 72.9 Å². The number of halogens is 2. The highest BCUT2D eigenvalue weighted by atomic mass is 35.5. The molecule has 0 radical (unpaired) electrons. The van der Waals surface area contributed by atoms with Gasteiger partial charge in [-0.05, 0) is 30.9 Å². The summed E-state index contributed by atoms with van der Waals surface area (Å²) in [5.41, 5.74) is 8.27. The summed E-state index contributed by atoms with van der Waals surface area (Å²) >= 11 is 0. The Bertz CT molecular complexity index is 689. The minimum atomic E-state index is -0.390. The fourth-order valence-electron chi connectivity index (χ4n) is 3.56. The Morgan fingerprint density at radius 1 is 1.31 bits per heavy atom. The number of carbonyl (C=O) groups is 1. The highest BCUT2D eigenvalue weighted by molar-refractivity contribution is 5.85. The molecular weight excluding hydrogens is 371 g/mol. The normalized spacial score (nSPS) is 22.0. The van der Waals surface area contributed by atoms with Gasteiger partial charge >= 0.3 is 0 Å². The molecule has 1 aliphatic rings. The smallest absolute Gasteiger partial charge is 0.225 e. The van der Waals surface area contributed by atoms with Crippen molar-refractivity contribution in [1.82, 2.24) is 14.9 Å². The van der Waals surface area contributed by atoms with Crippen LogP contribution in [0.25, 0.3) is 0 Å². The molecule has 1 amide bonds. The predicted molar refractivity (Wildman–Crippen MR) is 109 cm³/mol. The molecule has 0 spiro atoms. The highest BCUT2D eigenvalue weighted by Crippen LogP contribution is 2.31. The second-order valence-corrected chi connectivity index (χ2v) is 7.03. The molecule has 2 atom stereocenters. The molecule has 1 aromatic heterocycles. The van der Waals surface area contributed by atoms with E-state index in [0.717, 1.165) is 37.8 Å². The minimum Gasteiger partial charge on any atom is -0.352 e. The van der Waals surface area contributed by atoms with E-state index in [1.165, 1.54) is 5.56 Å². The van der Waals surface area contributed by atoms with Gasteiger partial charge in [0.05, 0.1) is 12.2 Å². The van der Waals surface area contributed by atoms with Gasteiger partial charge in [-0.15, -0.1) is 24.8 Å². The molecule has 0 aliphatic heterocycles. The number of hydrogen-bond acceptors (Lipinski definition) is 3. The first kappa shape index (κ1) is 22.5. The lowest BCUT2D eigenvalue weighted by Gasteiger charge is -2.37. The molecule has 1 heterocycles. The van der Waals surface area contributed by atoms with Crippen LogP contribution in [0, 0.1) is 5.92 Å². The summed E-state index contributed by atoms with van der Waals surface area (Å²) in [6.45, 7) is 3.30. The number of rotatable bonds is 5. The number of nitrogens with two attached hydrogens (primary N) is 1. The summed E-state index contributed by atoms with van der Waals surface area (Å²) in [7, 11) is 0. The van der Waals surface area contributed by atoms with Gasteiger partial charge < -0.3 is 15.6 Å². The van der Waals surface area contributed by atoms with E-state index in [1.54, 1.807) is 12.5 Å². The maximum Gasteiger partial charge on any atom is 0.225 e. The summed E-state index contributed by atoms with van der Waals surface area (Å²) in [4.78, 5) is 16.7. The van der Waals surface area contributed by atoms with Gasteiger partial charge in [0.1, 0.15) is 0 Å². The third kappa shape index (κ3) is 5.47. The molecule has 26 heavy (non-hydrogen) atoms. The van der Waals surface area contributed by atoms with E-state index in [-0.39, 0.29) is 36.6 Å². The Labute approximate surface area is 167 Å². The van der Waals surface area contributed by atoms with Crippen LogP contribution < -0.4 is 11.1 Å². The number of imidazole rings is 1. The van der Waals surface area contributed by atoms with Gasteiger partial charge in [0.25, 0.3) is 0 Å². The summed E-state index contributed by atoms with van der Waals surface area (Å²) in [6.07, 6.45) is 9.52. The summed E-state index contributed by atoms with van der Waals surface area (Å²) < 4.78 is 2.03. The zero-order valence-corrected chi connectivity index (χ0v) is 16.7. The van der Waals surface area contributed by atoms with Crippen molar-refractivity contribution in [3.63, 3.8) is 0 Å². The highest BCUT2D eigenvalue weighted by Gasteiger charge is 2.37. The van der Waals surface area contributed by atoms with Crippen LogP contribution in [0.2, 0.25) is 0 Å². The van der Waals surface area contributed by atoms with Gasteiger partial charge in [-0.1, -0.05) is 37.1 Å². The maximum atomic E-state index is 12.6. The van der Waals surface area contributed by atoms with Crippen molar-refractivity contribution in [3.8, 4) is 0 Å². The van der Waals surface area contributed by atoms with E-state index in [0.29, 0.717) is 6.54 Å². The van der Waals surface area contributed by atoms with Crippen LogP contribution in [0.4, 0.5) is 0 Å². The predicted octanol–water partition coefficient (Wildman–Crippen LogP) is 3.30. The molecule has 0 bridgehead atoms. The van der Waals surface area contributed by atoms with E-state index < -0.39 is 5.54 Å². The molecule has 3 N–H and O–H groups in total. The van der Waals surface area contributed by atoms with Crippen molar-refractivity contribution in [1.29, 1.82) is 0 Å². The molecular formula is C19H28Cl2N4O. The summed E-state index contributed by atoms with van der Waals surface area (Å²) in [5, 5.41) is 3.10. The lowest BCUT2D eigenvalue weighted by Crippen LogP contribution is -2.52. The zero-order valence-electron chi connectivity index (χ0n) is 15.1. The number of amides is 1. The standard InChI is InChI=1S/C19H26N4O.2ClH/c1-19(20)9-5-4-8-17(19)18(24)22-12-15-6-2-3-7-16(15)13-23-11-10-21-14-23;;/h2-3,6-7,10-11,14,17H,4-5,8-9,12-13,20H2,1H3,(H,22,24);2*1H. The molecule has 7 heteroatoms. The van der Waals surface area contributed by atoms with Gasteiger partial charge in [0, 0.05) is 31.0 Å². The summed E-state index contributed by atoms with van der Waals surface area (Å²) in [5.74, 6) is -0.0100. The van der Waals surface area contributed by atoms with Crippen LogP contribution in [0.3, 0.4) is 0 Å². The van der Waals surface area contributed by atoms with E-state index in [9.17, 15) is 4.79 Å². The van der Waals surface area contributed by atoms with E-state index >= 15 is 0 Å². The number of aromatic nitrogens is 2. The fraction of sp³-hybridized carbons (Fsp3) is 0.474. The molecule has 5 nitrogen and oxygen atoms in total. The second kappa shape index (κ2) is 9.95. The average Bonchev–Trinajstić information content (AvgIpc) is 3.06. The maximum absolute atomic E-state index is 12.6. The third-order valence-corrected chi connectivity index (χ3v) is 5.05. The first-order valence-corrected chi connectivity index (χ1v) is 8.65. The molecule has 144 valence electrons. The molecule has 2 aromatic rings. The molecule has 2 unspecified atom stereocenters. The van der Waals surface area contributed by atoms with Crippen LogP contribution in [-0.4, -0.2) is 21.0 Å². The molecule has 1 aliphatic carbocycles. The van der Waals surface area contributed by atoms with Gasteiger partial charge in [0.2, 0.25) is 5.91 Å². The molecule has 1 saturated carbocycles. The Hall–Kier alpha value is -1.56. The van der Waals surface area contributed by atoms with Crippen LogP contribution in [-0.2, 0) is 17.9 Å². The number of benzene rings is 1. The van der Waals surface area contributed by atoms with Crippen molar-refractivity contribution in [3.05, 3.63) is 54.1 Å². The Balaban J connectivity index is 0.00000169. The van der Waals surface area contributed by atoms with Crippen molar-refractivity contribution in [2.24, 2.45) is 11.7 Å². The first-order valence-electron chi connectivity index (χ1n) is 8.65. The quantitative estimate of drug-likeness (QED) is 0.810. The van der Waals surface area contributed by atoms with E-state index in [2.05, 4.69) is 22.4 Å². The van der Waals surface area contributed by atoms with Crippen LogP contribution in [0.15, 0.2) is 43.0 Å². The first-order chi connectivity index (χ1) is 11.6. The van der Waals surface area contributed by atoms with Gasteiger partial charge in [0.15, 0.2) is 0 Å². The largest absolute Gasteiger partial charge is 0.352 e. The minimum absolute atomic E-state index is 0. The number of nitrogens with zero attached hydrogens (tertiary/aromatic N) is 2. The Kier molecular flexibility index (Phi) is 8.60. The summed E-state index contributed by atoms with van der Waals surface area (Å²) in [6, 6.07) is 8.19. The van der Waals surface area contributed by atoms with Crippen molar-refractivity contribution in [2.45, 2.75) is 51.2 Å². The Morgan fingerprint density at radius 2 is 2.04 bits per heavy atom. The lowest BCUT2D eigenvalue weighted by molar-refractivity contribution is -0.128. The molecule has 1 fully saturated rings. The van der Waals surface area contributed by atoms with E-state index in [1.807, 2.05) is 29.8 Å². The number of hydrogen-bond donors (Lipinski definition) is 2. The third-order valence-electron chi connectivity index (χ3n) is 5.05. The van der Waals surface area contributed by atoms with Crippen LogP contribution >= 0.6 is 24.8 Å². The van der Waals surface area contributed by atoms with Crippen molar-refractivity contribution < 1.29 is 4.79 Å². The van der Waals surface area contributed by atoms with Crippen molar-refractivity contribution >= 4 is 30.7 Å². The van der Waals surface area contributed by atoms with Crippen LogP contribution in [0.1, 0.15) is 43.7 Å². The molecule has 1 aromatic carbocycles. The van der Waals surface area contributed by atoms with Crippen molar-refractivity contribution in [2.75, 3.05) is 0 Å². The van der Waals surface area contributed by atoms with Gasteiger partial charge in [-0.3, -0.25) is 4.79 Å². The van der Waals surface area contributed by atoms with Gasteiger partial charge in [-0.25, -0.2) is 4.98 Å². The number of carbonyl (C=O) groups excluding carboxylic acids is 1. The molecule has 3 rings (SSSR count). The Morgan fingerprint density at radius 3 is 2.69 bits per heavy atom. The fourth-order valence-corrected chi connectivity index (χ4v) is 3.56. The lowest BCUT2D eigenvalue weighted by atomic mass is 9.74. The second-order valence-electron chi connectivity index (χ2n) is 7.03. The van der Waals surface area contributed by atoms with Gasteiger partial charge in [-0.2, -0.15) is 0 Å². The average molecular weight is 399 g/mol. The van der Waals surface area contributed by atoms with E-state index in [4.69, 9.17) is 5.73 Å². The zero-order chi connectivity index (χ0) is 17.0. The number of nitrogens with one attached hydrogen (secondary N) is 1. The molecule has 0 saturated heterocycles. The van der Waals surface area contributed by atoms with Crippen LogP contribution in [0.5, 0.6) is 0 Å². The monoisotopic (exact) mass is 398 g/mol. The SMILES string of the molecule is CC1(N)CCCCC1C(=O)NCc1ccccc1Cn1ccnc1.Cl.Cl.